The number of hydrogen-bond donors (Lipinski definition) is 0. The predicted molar refractivity (Wildman–Crippen MR) is 71.6 cm³/mol. The molecule has 2 heterocycles. The summed E-state index contributed by atoms with van der Waals surface area (Å²) in [6.07, 6.45) is 1.51. The van der Waals surface area contributed by atoms with Gasteiger partial charge in [0.05, 0.1) is 18.6 Å². The van der Waals surface area contributed by atoms with Gasteiger partial charge in [0.2, 0.25) is 0 Å². The van der Waals surface area contributed by atoms with Gasteiger partial charge in [0.25, 0.3) is 0 Å². The fourth-order valence-electron chi connectivity index (χ4n) is 1.57. The summed E-state index contributed by atoms with van der Waals surface area (Å²) in [7, 11) is 0. The second kappa shape index (κ2) is 4.83. The molecule has 0 aromatic carbocycles. The lowest BCUT2D eigenvalue weighted by atomic mass is 9.93. The van der Waals surface area contributed by atoms with Gasteiger partial charge < -0.3 is 4.57 Å². The van der Waals surface area contributed by atoms with Crippen LogP contribution in [0.2, 0.25) is 0 Å². The fraction of sp³-hybridized carbons (Fsp3) is 0.385. The summed E-state index contributed by atoms with van der Waals surface area (Å²) >= 11 is 1.56. The molecule has 0 radical (unpaired) electrons. The highest BCUT2D eigenvalue weighted by atomic mass is 32.1. The molecule has 0 spiro atoms. The third-order valence-electron chi connectivity index (χ3n) is 2.68. The summed E-state index contributed by atoms with van der Waals surface area (Å²) < 4.78 is 1.66. The Morgan fingerprint density at radius 3 is 2.58 bits per heavy atom. The molecular weight excluding hydrogens is 258 g/mol. The van der Waals surface area contributed by atoms with Crippen LogP contribution < -0.4 is 0 Å². The first-order valence-electron chi connectivity index (χ1n) is 5.76. The molecule has 0 saturated heterocycles. The van der Waals surface area contributed by atoms with Gasteiger partial charge >= 0.3 is 0 Å². The number of rotatable bonds is 2. The maximum absolute atomic E-state index is 9.05. The van der Waals surface area contributed by atoms with E-state index in [1.54, 1.807) is 15.9 Å². The summed E-state index contributed by atoms with van der Waals surface area (Å²) in [4.78, 5) is 8.48. The summed E-state index contributed by atoms with van der Waals surface area (Å²) in [5, 5.41) is 20.8. The van der Waals surface area contributed by atoms with Crippen molar-refractivity contribution in [1.82, 2.24) is 14.5 Å². The average Bonchev–Trinajstić information content (AvgIpc) is 2.95. The van der Waals surface area contributed by atoms with Crippen molar-refractivity contribution in [2.24, 2.45) is 0 Å². The van der Waals surface area contributed by atoms with Crippen molar-refractivity contribution in [3.63, 3.8) is 0 Å². The first-order valence-corrected chi connectivity index (χ1v) is 6.64. The van der Waals surface area contributed by atoms with Crippen LogP contribution in [0.15, 0.2) is 11.7 Å². The van der Waals surface area contributed by atoms with E-state index in [4.69, 9.17) is 10.5 Å². The van der Waals surface area contributed by atoms with E-state index in [0.29, 0.717) is 6.54 Å². The molecule has 96 valence electrons. The lowest BCUT2D eigenvalue weighted by Gasteiger charge is -2.14. The number of thiazole rings is 1. The van der Waals surface area contributed by atoms with Crippen LogP contribution in [0.4, 0.5) is 0 Å². The van der Waals surface area contributed by atoms with E-state index < -0.39 is 0 Å². The molecule has 0 amide bonds. The zero-order chi connectivity index (χ0) is 14.0. The fourth-order valence-corrected chi connectivity index (χ4v) is 2.59. The van der Waals surface area contributed by atoms with Crippen LogP contribution in [-0.4, -0.2) is 14.5 Å². The summed E-state index contributed by atoms with van der Waals surface area (Å²) in [5.41, 5.74) is 1.50. The van der Waals surface area contributed by atoms with E-state index in [0.717, 1.165) is 10.7 Å². The molecule has 0 aliphatic heterocycles. The zero-order valence-electron chi connectivity index (χ0n) is 11.0. The van der Waals surface area contributed by atoms with Crippen LogP contribution in [0, 0.1) is 22.7 Å². The average molecular weight is 271 g/mol. The molecule has 2 aromatic heterocycles. The normalized spacial score (nSPS) is 11.0. The van der Waals surface area contributed by atoms with E-state index in [-0.39, 0.29) is 16.8 Å². The van der Waals surface area contributed by atoms with Crippen molar-refractivity contribution in [3.05, 3.63) is 33.8 Å². The molecule has 0 saturated carbocycles. The van der Waals surface area contributed by atoms with Crippen molar-refractivity contribution < 1.29 is 0 Å². The topological polar surface area (TPSA) is 78.3 Å². The van der Waals surface area contributed by atoms with Gasteiger partial charge in [0, 0.05) is 10.8 Å². The van der Waals surface area contributed by atoms with Crippen LogP contribution in [0.5, 0.6) is 0 Å². The molecule has 2 aromatic rings. The Morgan fingerprint density at radius 1 is 1.32 bits per heavy atom. The third-order valence-corrected chi connectivity index (χ3v) is 3.51. The molecule has 0 N–H and O–H groups in total. The van der Waals surface area contributed by atoms with Crippen LogP contribution in [0.3, 0.4) is 0 Å². The van der Waals surface area contributed by atoms with Gasteiger partial charge in [-0.05, 0) is 0 Å². The van der Waals surface area contributed by atoms with Crippen LogP contribution in [0.25, 0.3) is 0 Å². The Morgan fingerprint density at radius 2 is 2.05 bits per heavy atom. The smallest absolute Gasteiger partial charge is 0.176 e. The standard InChI is InChI=1S/C13H13N5S/c1-13(2,3)11-7-19-12(17-11)6-18-8-16-9(4-14)10(18)5-15/h7-8H,6H2,1-3H3. The highest BCUT2D eigenvalue weighted by molar-refractivity contribution is 7.09. The molecule has 5 nitrogen and oxygen atoms in total. The minimum atomic E-state index is 0.0135. The molecule has 6 heteroatoms. The molecule has 0 bridgehead atoms. The third kappa shape index (κ3) is 2.64. The van der Waals surface area contributed by atoms with Crippen molar-refractivity contribution in [1.29, 1.82) is 10.5 Å². The van der Waals surface area contributed by atoms with Crippen LogP contribution >= 0.6 is 11.3 Å². The SMILES string of the molecule is CC(C)(C)c1csc(Cn2cnc(C#N)c2C#N)n1. The van der Waals surface area contributed by atoms with Gasteiger partial charge in [0.15, 0.2) is 11.4 Å². The second-order valence-corrected chi connectivity index (χ2v) is 6.11. The molecule has 0 aliphatic carbocycles. The van der Waals surface area contributed by atoms with Crippen LogP contribution in [0.1, 0.15) is 42.9 Å². The monoisotopic (exact) mass is 271 g/mol. The maximum atomic E-state index is 9.05. The highest BCUT2D eigenvalue weighted by Gasteiger charge is 2.18. The van der Waals surface area contributed by atoms with Gasteiger partial charge in [-0.1, -0.05) is 20.8 Å². The quantitative estimate of drug-likeness (QED) is 0.840. The first kappa shape index (κ1) is 13.3. The summed E-state index contributed by atoms with van der Waals surface area (Å²) in [6, 6.07) is 3.92. The van der Waals surface area contributed by atoms with E-state index in [9.17, 15) is 0 Å². The first-order chi connectivity index (χ1) is 8.95. The molecule has 0 fully saturated rings. The summed E-state index contributed by atoms with van der Waals surface area (Å²) in [5.74, 6) is 0. The lowest BCUT2D eigenvalue weighted by molar-refractivity contribution is 0.569. The maximum Gasteiger partial charge on any atom is 0.176 e. The predicted octanol–water partition coefficient (Wildman–Crippen LogP) is 2.43. The Bertz CT molecular complexity index is 675. The van der Waals surface area contributed by atoms with Crippen molar-refractivity contribution in [2.75, 3.05) is 0 Å². The van der Waals surface area contributed by atoms with Crippen molar-refractivity contribution >= 4 is 11.3 Å². The second-order valence-electron chi connectivity index (χ2n) is 5.17. The molecule has 0 atom stereocenters. The Hall–Kier alpha value is -2.18. The number of nitriles is 2. The minimum absolute atomic E-state index is 0.0135. The van der Waals surface area contributed by atoms with Crippen molar-refractivity contribution in [2.45, 2.75) is 32.7 Å². The largest absolute Gasteiger partial charge is 0.314 e. The Labute approximate surface area is 115 Å². The Kier molecular flexibility index (Phi) is 3.37. The van der Waals surface area contributed by atoms with E-state index in [1.165, 1.54) is 6.33 Å². The molecule has 2 rings (SSSR count). The van der Waals surface area contributed by atoms with Gasteiger partial charge in [0.1, 0.15) is 17.1 Å². The van der Waals surface area contributed by atoms with Gasteiger partial charge in [-0.2, -0.15) is 10.5 Å². The number of aromatic nitrogens is 3. The highest BCUT2D eigenvalue weighted by Crippen LogP contribution is 2.24. The van der Waals surface area contributed by atoms with E-state index >= 15 is 0 Å². The summed E-state index contributed by atoms with van der Waals surface area (Å²) in [6.45, 7) is 6.80. The van der Waals surface area contributed by atoms with Crippen LogP contribution in [-0.2, 0) is 12.0 Å². The number of nitrogens with zero attached hydrogens (tertiary/aromatic N) is 5. The Balaban J connectivity index is 2.28. The van der Waals surface area contributed by atoms with Gasteiger partial charge in [-0.25, -0.2) is 9.97 Å². The van der Waals surface area contributed by atoms with Crippen molar-refractivity contribution in [3.8, 4) is 12.1 Å². The lowest BCUT2D eigenvalue weighted by Crippen LogP contribution is -2.12. The number of imidazole rings is 1. The molecule has 0 aliphatic rings. The number of hydrogen-bond acceptors (Lipinski definition) is 5. The molecule has 19 heavy (non-hydrogen) atoms. The molecular formula is C13H13N5S. The zero-order valence-corrected chi connectivity index (χ0v) is 11.8. The van der Waals surface area contributed by atoms with E-state index in [2.05, 4.69) is 30.7 Å². The van der Waals surface area contributed by atoms with Gasteiger partial charge in [-0.3, -0.25) is 0 Å². The van der Waals surface area contributed by atoms with Gasteiger partial charge in [-0.15, -0.1) is 11.3 Å². The minimum Gasteiger partial charge on any atom is -0.314 e. The van der Waals surface area contributed by atoms with E-state index in [1.807, 2.05) is 17.5 Å². The molecule has 0 unspecified atom stereocenters.